The van der Waals surface area contributed by atoms with E-state index < -0.39 is 0 Å². The second kappa shape index (κ2) is 6.26. The van der Waals surface area contributed by atoms with Gasteiger partial charge in [0.05, 0.1) is 17.5 Å². The Morgan fingerprint density at radius 3 is 3.00 bits per heavy atom. The number of carbonyl (C=O) groups is 1. The molecule has 25 heavy (non-hydrogen) atoms. The lowest BCUT2D eigenvalue weighted by Gasteiger charge is -2.45. The summed E-state index contributed by atoms with van der Waals surface area (Å²) in [7, 11) is 1.82. The highest BCUT2D eigenvalue weighted by Gasteiger charge is 2.48. The minimum atomic E-state index is -0.00749. The van der Waals surface area contributed by atoms with Crippen LogP contribution in [0.25, 0.3) is 0 Å². The molecule has 2 aromatic heterocycles. The van der Waals surface area contributed by atoms with Crippen molar-refractivity contribution in [3.05, 3.63) is 47.5 Å². The number of amides is 1. The van der Waals surface area contributed by atoms with E-state index in [0.29, 0.717) is 17.0 Å². The fraction of sp³-hybridized carbons (Fsp3) is 0.526. The third-order valence-electron chi connectivity index (χ3n) is 5.67. The fourth-order valence-electron chi connectivity index (χ4n) is 4.29. The van der Waals surface area contributed by atoms with E-state index in [1.54, 1.807) is 17.1 Å². The summed E-state index contributed by atoms with van der Waals surface area (Å²) in [6.45, 7) is 5.30. The summed E-state index contributed by atoms with van der Waals surface area (Å²) in [5.74, 6) is -0.00749. The molecule has 0 atom stereocenters. The Bertz CT molecular complexity index is 778. The lowest BCUT2D eigenvalue weighted by atomic mass is 9.65. The Morgan fingerprint density at radius 2 is 2.28 bits per heavy atom. The minimum absolute atomic E-state index is 0.00749. The molecule has 1 N–H and O–H groups in total. The first-order valence-electron chi connectivity index (χ1n) is 8.95. The predicted octanol–water partition coefficient (Wildman–Crippen LogP) is 1.91. The molecule has 1 spiro atoms. The molecule has 132 valence electrons. The molecule has 0 bridgehead atoms. The molecule has 2 aromatic rings. The van der Waals surface area contributed by atoms with Gasteiger partial charge in [-0.05, 0) is 49.8 Å². The van der Waals surface area contributed by atoms with Crippen LogP contribution in [0, 0.1) is 12.3 Å². The van der Waals surface area contributed by atoms with Crippen molar-refractivity contribution in [3.63, 3.8) is 0 Å². The Hall–Kier alpha value is -2.21. The van der Waals surface area contributed by atoms with E-state index in [1.807, 2.05) is 19.3 Å². The number of likely N-dealkylation sites (tertiary alicyclic amines) is 1. The van der Waals surface area contributed by atoms with E-state index in [1.165, 1.54) is 17.7 Å². The van der Waals surface area contributed by atoms with Crippen molar-refractivity contribution in [2.24, 2.45) is 12.5 Å². The molecule has 1 aliphatic carbocycles. The van der Waals surface area contributed by atoms with Crippen molar-refractivity contribution in [1.82, 2.24) is 25.0 Å². The zero-order valence-electron chi connectivity index (χ0n) is 14.9. The van der Waals surface area contributed by atoms with Crippen LogP contribution in [0.1, 0.15) is 40.9 Å². The van der Waals surface area contributed by atoms with Crippen LogP contribution in [0.4, 0.5) is 0 Å². The standard InChI is InChI=1S/C19H25N5O/c1-14-4-3-6-20-17(14)12-24-7-5-19(13-24)8-16(9-19)22-18(25)15-10-21-23(2)11-15/h3-4,6,10-11,16H,5,7-9,12-13H2,1-2H3,(H,22,25). The van der Waals surface area contributed by atoms with E-state index in [0.717, 1.165) is 32.5 Å². The van der Waals surface area contributed by atoms with E-state index in [-0.39, 0.29) is 5.91 Å². The molecule has 1 aliphatic heterocycles. The highest BCUT2D eigenvalue weighted by molar-refractivity contribution is 5.93. The van der Waals surface area contributed by atoms with Crippen molar-refractivity contribution in [2.75, 3.05) is 13.1 Å². The molecule has 0 radical (unpaired) electrons. The average molecular weight is 339 g/mol. The smallest absolute Gasteiger partial charge is 0.254 e. The SMILES string of the molecule is Cc1cccnc1CN1CCC2(CC(NC(=O)c3cnn(C)c3)C2)C1. The summed E-state index contributed by atoms with van der Waals surface area (Å²) in [5.41, 5.74) is 3.47. The number of hydrogen-bond donors (Lipinski definition) is 1. The third kappa shape index (κ3) is 3.31. The van der Waals surface area contributed by atoms with Gasteiger partial charge in [0.2, 0.25) is 0 Å². The Kier molecular flexibility index (Phi) is 4.07. The molecule has 1 saturated heterocycles. The highest BCUT2D eigenvalue weighted by Crippen LogP contribution is 2.48. The number of pyridine rings is 1. The zero-order chi connectivity index (χ0) is 17.4. The predicted molar refractivity (Wildman–Crippen MR) is 95.0 cm³/mol. The van der Waals surface area contributed by atoms with Crippen LogP contribution < -0.4 is 5.32 Å². The molecule has 2 fully saturated rings. The zero-order valence-corrected chi connectivity index (χ0v) is 14.9. The number of nitrogens with zero attached hydrogens (tertiary/aromatic N) is 4. The van der Waals surface area contributed by atoms with Gasteiger partial charge >= 0.3 is 0 Å². The molecule has 6 nitrogen and oxygen atoms in total. The van der Waals surface area contributed by atoms with Crippen molar-refractivity contribution >= 4 is 5.91 Å². The van der Waals surface area contributed by atoms with Gasteiger partial charge in [-0.15, -0.1) is 0 Å². The highest BCUT2D eigenvalue weighted by atomic mass is 16.1. The molecule has 1 saturated carbocycles. The van der Waals surface area contributed by atoms with E-state index in [4.69, 9.17) is 0 Å². The van der Waals surface area contributed by atoms with Gasteiger partial charge in [0.1, 0.15) is 0 Å². The maximum Gasteiger partial charge on any atom is 0.254 e. The van der Waals surface area contributed by atoms with E-state index in [9.17, 15) is 4.79 Å². The van der Waals surface area contributed by atoms with E-state index in [2.05, 4.69) is 33.3 Å². The van der Waals surface area contributed by atoms with Gasteiger partial charge in [0.15, 0.2) is 0 Å². The van der Waals surface area contributed by atoms with Gasteiger partial charge in [-0.25, -0.2) is 0 Å². The van der Waals surface area contributed by atoms with Crippen LogP contribution >= 0.6 is 0 Å². The normalized spacial score (nSPS) is 25.9. The number of rotatable bonds is 4. The summed E-state index contributed by atoms with van der Waals surface area (Å²) in [5, 5.41) is 7.21. The quantitative estimate of drug-likeness (QED) is 0.924. The molecule has 0 aromatic carbocycles. The van der Waals surface area contributed by atoms with Crippen molar-refractivity contribution in [2.45, 2.75) is 38.8 Å². The number of hydrogen-bond acceptors (Lipinski definition) is 4. The van der Waals surface area contributed by atoms with Crippen LogP contribution in [-0.4, -0.2) is 44.7 Å². The van der Waals surface area contributed by atoms with Crippen molar-refractivity contribution in [3.8, 4) is 0 Å². The number of nitrogens with one attached hydrogen (secondary N) is 1. The molecule has 6 heteroatoms. The molecular formula is C19H25N5O. The molecule has 2 aliphatic rings. The van der Waals surface area contributed by atoms with E-state index >= 15 is 0 Å². The summed E-state index contributed by atoms with van der Waals surface area (Å²) >= 11 is 0. The summed E-state index contributed by atoms with van der Waals surface area (Å²) in [6, 6.07) is 4.41. The lowest BCUT2D eigenvalue weighted by Crippen LogP contribution is -2.51. The maximum absolute atomic E-state index is 12.2. The van der Waals surface area contributed by atoms with Crippen LogP contribution in [0.5, 0.6) is 0 Å². The monoisotopic (exact) mass is 339 g/mol. The van der Waals surface area contributed by atoms with Crippen LogP contribution in [0.15, 0.2) is 30.7 Å². The van der Waals surface area contributed by atoms with Gasteiger partial charge in [0.25, 0.3) is 5.91 Å². The second-order valence-corrected chi connectivity index (χ2v) is 7.71. The second-order valence-electron chi connectivity index (χ2n) is 7.71. The first-order chi connectivity index (χ1) is 12.0. The Balaban J connectivity index is 1.28. The van der Waals surface area contributed by atoms with Gasteiger partial charge < -0.3 is 5.32 Å². The molecule has 0 unspecified atom stereocenters. The average Bonchev–Trinajstić information content (AvgIpc) is 3.16. The van der Waals surface area contributed by atoms with Gasteiger partial charge in [-0.3, -0.25) is 19.4 Å². The Labute approximate surface area is 148 Å². The summed E-state index contributed by atoms with van der Waals surface area (Å²) in [4.78, 5) is 19.2. The number of carbonyl (C=O) groups excluding carboxylic acids is 1. The van der Waals surface area contributed by atoms with Crippen LogP contribution in [0.2, 0.25) is 0 Å². The summed E-state index contributed by atoms with van der Waals surface area (Å²) < 4.78 is 1.66. The van der Waals surface area contributed by atoms with Crippen LogP contribution in [0.3, 0.4) is 0 Å². The van der Waals surface area contributed by atoms with Crippen molar-refractivity contribution < 1.29 is 4.79 Å². The fourth-order valence-corrected chi connectivity index (χ4v) is 4.29. The molecule has 1 amide bonds. The first-order valence-corrected chi connectivity index (χ1v) is 8.95. The lowest BCUT2D eigenvalue weighted by molar-refractivity contribution is 0.0693. The van der Waals surface area contributed by atoms with Crippen molar-refractivity contribution in [1.29, 1.82) is 0 Å². The third-order valence-corrected chi connectivity index (χ3v) is 5.67. The van der Waals surface area contributed by atoms with Gasteiger partial charge in [-0.1, -0.05) is 6.07 Å². The topological polar surface area (TPSA) is 63.1 Å². The minimum Gasteiger partial charge on any atom is -0.349 e. The van der Waals surface area contributed by atoms with Gasteiger partial charge in [0, 0.05) is 38.6 Å². The number of aryl methyl sites for hydroxylation is 2. The number of aromatic nitrogens is 3. The first kappa shape index (κ1) is 16.3. The summed E-state index contributed by atoms with van der Waals surface area (Å²) in [6.07, 6.45) is 8.64. The molecule has 4 rings (SSSR count). The largest absolute Gasteiger partial charge is 0.349 e. The van der Waals surface area contributed by atoms with Gasteiger partial charge in [-0.2, -0.15) is 5.10 Å². The molecule has 3 heterocycles. The maximum atomic E-state index is 12.2. The Morgan fingerprint density at radius 1 is 1.44 bits per heavy atom. The van der Waals surface area contributed by atoms with Crippen LogP contribution in [-0.2, 0) is 13.6 Å². The molecular weight excluding hydrogens is 314 g/mol.